The highest BCUT2D eigenvalue weighted by atomic mass is 16.2. The van der Waals surface area contributed by atoms with Crippen LogP contribution in [-0.4, -0.2) is 42.1 Å². The third-order valence-corrected chi connectivity index (χ3v) is 12.3. The minimum atomic E-state index is -0.483. The van der Waals surface area contributed by atoms with Crippen molar-refractivity contribution in [1.82, 2.24) is 10.2 Å². The topological polar surface area (TPSA) is 70.8 Å². The van der Waals surface area contributed by atoms with E-state index in [9.17, 15) is 14.4 Å². The van der Waals surface area contributed by atoms with E-state index < -0.39 is 5.41 Å². The first-order chi connectivity index (χ1) is 17.6. The Morgan fingerprint density at radius 3 is 2.32 bits per heavy atom. The Morgan fingerprint density at radius 1 is 1.03 bits per heavy atom. The molecule has 0 aromatic carbocycles. The lowest BCUT2D eigenvalue weighted by atomic mass is 9.36. The van der Waals surface area contributed by atoms with Gasteiger partial charge < -0.3 is 15.0 Å². The number of Topliss-reactive ketones (excluding diaryl/α,β-unsaturated/α-hetero) is 1. The number of carbonyl (C=O) groups excluding carboxylic acids is 3. The molecule has 38 heavy (non-hydrogen) atoms. The van der Waals surface area contributed by atoms with Gasteiger partial charge in [0.2, 0.25) is 5.70 Å². The van der Waals surface area contributed by atoms with Crippen molar-refractivity contribution in [3.05, 3.63) is 34.8 Å². The summed E-state index contributed by atoms with van der Waals surface area (Å²) in [5.74, 6) is -0.0959. The van der Waals surface area contributed by atoms with E-state index in [1.165, 1.54) is 0 Å². The number of nitrogens with one attached hydrogen (secondary N) is 1. The van der Waals surface area contributed by atoms with E-state index >= 15 is 0 Å². The van der Waals surface area contributed by atoms with Crippen molar-refractivity contribution in [3.8, 4) is 0 Å². The molecule has 2 amide bonds. The van der Waals surface area contributed by atoms with Crippen molar-refractivity contribution in [3.63, 3.8) is 0 Å². The molecule has 0 aromatic rings. The smallest absolute Gasteiger partial charge is 0.317 e. The molecular weight excluding hydrogens is 474 g/mol. The van der Waals surface area contributed by atoms with E-state index in [4.69, 9.17) is 6.57 Å². The molecular formula is C32H45N3O3. The molecule has 0 spiro atoms. The van der Waals surface area contributed by atoms with Crippen LogP contribution in [0.3, 0.4) is 0 Å². The summed E-state index contributed by atoms with van der Waals surface area (Å²) in [5.41, 5.74) is 0.126. The van der Waals surface area contributed by atoms with Gasteiger partial charge in [0.25, 0.3) is 0 Å². The molecule has 0 aliphatic heterocycles. The number of ketones is 2. The highest BCUT2D eigenvalue weighted by Crippen LogP contribution is 2.72. The maximum atomic E-state index is 14.4. The molecule has 0 bridgehead atoms. The molecule has 0 heterocycles. The molecule has 6 heteroatoms. The second-order valence-electron chi connectivity index (χ2n) is 14.9. The number of nitrogens with zero attached hydrogens (tertiary/aromatic N) is 2. The number of allylic oxidation sites excluding steroid dienone is 4. The normalized spacial score (nSPS) is 45.2. The van der Waals surface area contributed by atoms with Crippen LogP contribution in [0.15, 0.2) is 23.4 Å². The summed E-state index contributed by atoms with van der Waals surface area (Å²) < 4.78 is 0. The number of carbonyl (C=O) groups is 3. The first-order valence-corrected chi connectivity index (χ1v) is 14.5. The molecule has 3 saturated carbocycles. The second kappa shape index (κ2) is 8.29. The van der Waals surface area contributed by atoms with Gasteiger partial charge in [0.1, 0.15) is 0 Å². The highest BCUT2D eigenvalue weighted by Gasteiger charge is 2.69. The Bertz CT molecular complexity index is 1210. The lowest BCUT2D eigenvalue weighted by Crippen LogP contribution is -2.70. The summed E-state index contributed by atoms with van der Waals surface area (Å²) in [7, 11) is 3.56. The first-order valence-electron chi connectivity index (χ1n) is 14.5. The molecule has 5 aliphatic carbocycles. The van der Waals surface area contributed by atoms with Gasteiger partial charge in [-0.05, 0) is 79.1 Å². The Labute approximate surface area is 228 Å². The quantitative estimate of drug-likeness (QED) is 0.420. The van der Waals surface area contributed by atoms with Crippen LogP contribution in [0, 0.1) is 51.9 Å². The van der Waals surface area contributed by atoms with Crippen LogP contribution in [0.4, 0.5) is 4.79 Å². The fourth-order valence-corrected chi connectivity index (χ4v) is 9.77. The van der Waals surface area contributed by atoms with E-state index in [1.54, 1.807) is 19.0 Å². The number of rotatable bonds is 1. The van der Waals surface area contributed by atoms with Crippen molar-refractivity contribution in [2.24, 2.45) is 45.3 Å². The van der Waals surface area contributed by atoms with Gasteiger partial charge in [-0.25, -0.2) is 9.64 Å². The number of amides is 2. The van der Waals surface area contributed by atoms with Crippen molar-refractivity contribution in [2.45, 2.75) is 92.0 Å². The van der Waals surface area contributed by atoms with Crippen LogP contribution < -0.4 is 5.32 Å². The van der Waals surface area contributed by atoms with Gasteiger partial charge in [-0.1, -0.05) is 53.2 Å². The van der Waals surface area contributed by atoms with Crippen LogP contribution in [0.2, 0.25) is 0 Å². The van der Waals surface area contributed by atoms with Gasteiger partial charge >= 0.3 is 6.03 Å². The Kier molecular flexibility index (Phi) is 5.93. The number of urea groups is 1. The Balaban J connectivity index is 1.66. The molecule has 206 valence electrons. The molecule has 0 aromatic heterocycles. The van der Waals surface area contributed by atoms with Crippen molar-refractivity contribution < 1.29 is 14.4 Å². The predicted molar refractivity (Wildman–Crippen MR) is 148 cm³/mol. The zero-order valence-corrected chi connectivity index (χ0v) is 24.5. The fraction of sp³-hybridized carbons (Fsp3) is 0.750. The summed E-state index contributed by atoms with van der Waals surface area (Å²) in [5, 5.41) is 3.44. The van der Waals surface area contributed by atoms with Crippen molar-refractivity contribution >= 4 is 17.6 Å². The molecule has 1 N–H and O–H groups in total. The van der Waals surface area contributed by atoms with Gasteiger partial charge in [0.05, 0.1) is 6.57 Å². The van der Waals surface area contributed by atoms with E-state index in [0.29, 0.717) is 0 Å². The summed E-state index contributed by atoms with van der Waals surface area (Å²) in [6, 6.07) is -0.0744. The van der Waals surface area contributed by atoms with Crippen LogP contribution in [0.25, 0.3) is 4.85 Å². The summed E-state index contributed by atoms with van der Waals surface area (Å²) >= 11 is 0. The summed E-state index contributed by atoms with van der Waals surface area (Å²) in [4.78, 5) is 45.6. The Morgan fingerprint density at radius 2 is 1.68 bits per heavy atom. The van der Waals surface area contributed by atoms with Gasteiger partial charge in [-0.15, -0.1) is 0 Å². The predicted octanol–water partition coefficient (Wildman–Crippen LogP) is 6.19. The largest absolute Gasteiger partial charge is 0.332 e. The van der Waals surface area contributed by atoms with Gasteiger partial charge in [-0.2, -0.15) is 0 Å². The van der Waals surface area contributed by atoms with Gasteiger partial charge in [0, 0.05) is 36.9 Å². The lowest BCUT2D eigenvalue weighted by Gasteiger charge is -2.68. The highest BCUT2D eigenvalue weighted by molar-refractivity contribution is 6.01. The van der Waals surface area contributed by atoms with E-state index in [1.807, 2.05) is 19.1 Å². The maximum Gasteiger partial charge on any atom is 0.317 e. The number of hydrogen-bond acceptors (Lipinski definition) is 3. The minimum Gasteiger partial charge on any atom is -0.332 e. The zero-order chi connectivity index (χ0) is 28.1. The molecule has 3 fully saturated rings. The molecule has 5 rings (SSSR count). The van der Waals surface area contributed by atoms with Gasteiger partial charge in [0.15, 0.2) is 11.6 Å². The third kappa shape index (κ3) is 3.45. The van der Waals surface area contributed by atoms with Crippen LogP contribution in [0.5, 0.6) is 0 Å². The van der Waals surface area contributed by atoms with Crippen LogP contribution in [-0.2, 0) is 9.59 Å². The van der Waals surface area contributed by atoms with Crippen molar-refractivity contribution in [2.75, 3.05) is 14.1 Å². The molecule has 0 unspecified atom stereocenters. The average molecular weight is 520 g/mol. The van der Waals surface area contributed by atoms with Crippen LogP contribution >= 0.6 is 0 Å². The molecule has 5 aliphatic rings. The molecule has 6 nitrogen and oxygen atoms in total. The third-order valence-electron chi connectivity index (χ3n) is 12.3. The average Bonchev–Trinajstić information content (AvgIpc) is 2.83. The molecule has 0 saturated heterocycles. The lowest BCUT2D eigenvalue weighted by molar-refractivity contribution is -0.158. The van der Waals surface area contributed by atoms with Crippen LogP contribution in [0.1, 0.15) is 86.5 Å². The summed E-state index contributed by atoms with van der Waals surface area (Å²) in [6.45, 7) is 21.1. The SMILES string of the molecule is [C-]#[N+]C1=C[C@]2(C)C3=CC(=O)[C@@H]4[C@@H]5CC(C)(C)CC[C@]5(NC(=O)N(C)C)CC[C@@]4(C)[C@]3(C)CC[C@H]2[C@H](C)C1=O. The van der Waals surface area contributed by atoms with E-state index in [-0.39, 0.29) is 68.8 Å². The molecule has 0 radical (unpaired) electrons. The number of fused-ring (bicyclic) bond motifs is 7. The number of hydrogen-bond donors (Lipinski definition) is 1. The maximum absolute atomic E-state index is 14.4. The molecule has 8 atom stereocenters. The van der Waals surface area contributed by atoms with Crippen molar-refractivity contribution in [1.29, 1.82) is 0 Å². The standard InChI is InChI=1S/C32H45N3O3/c1-19-20-10-11-30(5)24(29(20,4)18-22(33-7)26(19)37)16-23(36)25-21-17-28(2,3)12-14-32(21,15-13-31(25,30)6)34-27(38)35(8)9/h16,18-21,25H,10-15,17H2,1-6,8-9H3,(H,34,38)/t19-,20-,21-,25-,29-,30+,31+,32-/m0/s1. The first kappa shape index (κ1) is 27.2. The van der Waals surface area contributed by atoms with Gasteiger partial charge in [-0.3, -0.25) is 4.79 Å². The fourth-order valence-electron chi connectivity index (χ4n) is 9.77. The summed E-state index contributed by atoms with van der Waals surface area (Å²) in [6.07, 6.45) is 10.3. The monoisotopic (exact) mass is 519 g/mol. The van der Waals surface area contributed by atoms with E-state index in [2.05, 4.69) is 44.8 Å². The second-order valence-corrected chi connectivity index (χ2v) is 14.9. The van der Waals surface area contributed by atoms with E-state index in [0.717, 1.165) is 50.5 Å². The zero-order valence-electron chi connectivity index (χ0n) is 24.5. The minimum absolute atomic E-state index is 0.0542. The Hall–Kier alpha value is -2.42.